The van der Waals surface area contributed by atoms with Gasteiger partial charge in [0, 0.05) is 25.2 Å². The van der Waals surface area contributed by atoms with Crippen LogP contribution in [-0.2, 0) is 4.74 Å². The minimum Gasteiger partial charge on any atom is -0.450 e. The fourth-order valence-corrected chi connectivity index (χ4v) is 4.05. The molecule has 25 heavy (non-hydrogen) atoms. The molecule has 2 fully saturated rings. The molecular formula is C19H40N4O2. The molecule has 4 atom stereocenters. The Morgan fingerprint density at radius 3 is 2.12 bits per heavy atom. The molecule has 0 radical (unpaired) electrons. The van der Waals surface area contributed by atoms with E-state index in [9.17, 15) is 4.79 Å². The van der Waals surface area contributed by atoms with E-state index in [4.69, 9.17) is 4.74 Å². The standard InChI is InChI=1S/C11H22N2O2.C8H18N2/c1-5-15-11(14)13-7-6-10(12(3)4)9(2)8-13;1-7-6-9-5-4-8(7)10(2)3/h9-10H,5-8H2,1-4H3;7-9H,4-6H2,1-3H3. The Balaban J connectivity index is 0.000000271. The number of carbonyl (C=O) groups excluding carboxylic acids is 1. The molecule has 0 spiro atoms. The van der Waals surface area contributed by atoms with E-state index < -0.39 is 0 Å². The van der Waals surface area contributed by atoms with Crippen LogP contribution < -0.4 is 5.32 Å². The summed E-state index contributed by atoms with van der Waals surface area (Å²) in [5, 5.41) is 3.39. The monoisotopic (exact) mass is 356 g/mol. The molecule has 2 saturated heterocycles. The Bertz CT molecular complexity index is 390. The summed E-state index contributed by atoms with van der Waals surface area (Å²) in [7, 11) is 8.54. The van der Waals surface area contributed by atoms with Gasteiger partial charge in [-0.15, -0.1) is 0 Å². The molecule has 0 saturated carbocycles. The number of ether oxygens (including phenoxy) is 1. The van der Waals surface area contributed by atoms with Gasteiger partial charge in [0.05, 0.1) is 6.61 Å². The molecule has 4 unspecified atom stereocenters. The fraction of sp³-hybridized carbons (Fsp3) is 0.947. The van der Waals surface area contributed by atoms with E-state index in [0.717, 1.165) is 31.5 Å². The maximum absolute atomic E-state index is 11.5. The number of piperidine rings is 2. The van der Waals surface area contributed by atoms with Crippen LogP contribution in [0.15, 0.2) is 0 Å². The molecule has 6 nitrogen and oxygen atoms in total. The van der Waals surface area contributed by atoms with Gasteiger partial charge in [0.25, 0.3) is 0 Å². The van der Waals surface area contributed by atoms with E-state index in [1.165, 1.54) is 19.5 Å². The normalized spacial score (nSPS) is 30.0. The maximum atomic E-state index is 11.5. The number of nitrogens with zero attached hydrogens (tertiary/aromatic N) is 3. The van der Waals surface area contributed by atoms with Gasteiger partial charge < -0.3 is 24.8 Å². The van der Waals surface area contributed by atoms with Crippen LogP contribution in [0.4, 0.5) is 4.79 Å². The number of carbonyl (C=O) groups is 1. The van der Waals surface area contributed by atoms with Crippen molar-refractivity contribution in [2.24, 2.45) is 11.8 Å². The summed E-state index contributed by atoms with van der Waals surface area (Å²) in [5.41, 5.74) is 0. The van der Waals surface area contributed by atoms with Gasteiger partial charge in [0.15, 0.2) is 0 Å². The highest BCUT2D eigenvalue weighted by Gasteiger charge is 2.30. The maximum Gasteiger partial charge on any atom is 0.409 e. The van der Waals surface area contributed by atoms with E-state index in [2.05, 4.69) is 57.2 Å². The van der Waals surface area contributed by atoms with Crippen molar-refractivity contribution in [3.63, 3.8) is 0 Å². The molecule has 2 aliphatic rings. The van der Waals surface area contributed by atoms with Gasteiger partial charge in [0.1, 0.15) is 0 Å². The summed E-state index contributed by atoms with van der Waals surface area (Å²) >= 11 is 0. The van der Waals surface area contributed by atoms with Crippen LogP contribution in [-0.4, -0.2) is 93.9 Å². The molecule has 0 aliphatic carbocycles. The average Bonchev–Trinajstić information content (AvgIpc) is 2.55. The van der Waals surface area contributed by atoms with E-state index in [1.807, 2.05) is 11.8 Å². The number of hydrogen-bond acceptors (Lipinski definition) is 5. The predicted molar refractivity (Wildman–Crippen MR) is 104 cm³/mol. The molecule has 2 rings (SSSR count). The first-order valence-electron chi connectivity index (χ1n) is 9.73. The van der Waals surface area contributed by atoms with Crippen molar-refractivity contribution < 1.29 is 9.53 Å². The minimum absolute atomic E-state index is 0.165. The van der Waals surface area contributed by atoms with Gasteiger partial charge in [-0.2, -0.15) is 0 Å². The smallest absolute Gasteiger partial charge is 0.409 e. The number of rotatable bonds is 3. The molecule has 1 N–H and O–H groups in total. The molecule has 0 bridgehead atoms. The van der Waals surface area contributed by atoms with Crippen molar-refractivity contribution in [1.29, 1.82) is 0 Å². The third-order valence-electron chi connectivity index (χ3n) is 5.45. The average molecular weight is 357 g/mol. The van der Waals surface area contributed by atoms with Crippen molar-refractivity contribution in [3.8, 4) is 0 Å². The molecule has 1 amide bonds. The predicted octanol–water partition coefficient (Wildman–Crippen LogP) is 1.96. The van der Waals surface area contributed by atoms with E-state index in [-0.39, 0.29) is 6.09 Å². The first-order valence-corrected chi connectivity index (χ1v) is 9.73. The lowest BCUT2D eigenvalue weighted by molar-refractivity contribution is 0.0638. The van der Waals surface area contributed by atoms with Crippen molar-refractivity contribution >= 4 is 6.09 Å². The SMILES string of the molecule is CC1CNCCC1N(C)C.CCOC(=O)N1CCC(N(C)C)C(C)C1. The van der Waals surface area contributed by atoms with Crippen molar-refractivity contribution in [2.45, 2.75) is 45.7 Å². The lowest BCUT2D eigenvalue weighted by Gasteiger charge is -2.39. The Morgan fingerprint density at radius 2 is 1.68 bits per heavy atom. The Kier molecular flexibility index (Phi) is 9.75. The largest absolute Gasteiger partial charge is 0.450 e. The third-order valence-corrected chi connectivity index (χ3v) is 5.45. The van der Waals surface area contributed by atoms with Gasteiger partial charge in [-0.3, -0.25) is 0 Å². The van der Waals surface area contributed by atoms with Crippen LogP contribution in [0, 0.1) is 11.8 Å². The van der Waals surface area contributed by atoms with Crippen molar-refractivity contribution in [1.82, 2.24) is 20.0 Å². The van der Waals surface area contributed by atoms with E-state index in [1.54, 1.807) is 0 Å². The second-order valence-corrected chi connectivity index (χ2v) is 7.94. The second-order valence-electron chi connectivity index (χ2n) is 7.94. The van der Waals surface area contributed by atoms with Gasteiger partial charge in [-0.1, -0.05) is 13.8 Å². The first-order chi connectivity index (χ1) is 11.8. The molecule has 6 heteroatoms. The summed E-state index contributed by atoms with van der Waals surface area (Å²) in [4.78, 5) is 17.9. The molecule has 0 aromatic heterocycles. The quantitative estimate of drug-likeness (QED) is 0.838. The fourth-order valence-electron chi connectivity index (χ4n) is 4.05. The van der Waals surface area contributed by atoms with Crippen LogP contribution in [0.25, 0.3) is 0 Å². The number of hydrogen-bond donors (Lipinski definition) is 1. The summed E-state index contributed by atoms with van der Waals surface area (Å²) in [5.74, 6) is 1.32. The van der Waals surface area contributed by atoms with Gasteiger partial charge >= 0.3 is 6.09 Å². The minimum atomic E-state index is -0.165. The molecule has 2 heterocycles. The van der Waals surface area contributed by atoms with Crippen molar-refractivity contribution in [3.05, 3.63) is 0 Å². The lowest BCUT2D eigenvalue weighted by atomic mass is 9.93. The van der Waals surface area contributed by atoms with Crippen LogP contribution in [0.5, 0.6) is 0 Å². The molecule has 2 aliphatic heterocycles. The highest BCUT2D eigenvalue weighted by molar-refractivity contribution is 5.67. The Hall–Kier alpha value is -0.850. The zero-order valence-corrected chi connectivity index (χ0v) is 17.4. The topological polar surface area (TPSA) is 48.1 Å². The van der Waals surface area contributed by atoms with Crippen molar-refractivity contribution in [2.75, 3.05) is 61.0 Å². The van der Waals surface area contributed by atoms with E-state index >= 15 is 0 Å². The van der Waals surface area contributed by atoms with Gasteiger partial charge in [-0.25, -0.2) is 4.79 Å². The highest BCUT2D eigenvalue weighted by Crippen LogP contribution is 2.20. The first kappa shape index (κ1) is 22.2. The molecule has 0 aromatic carbocycles. The lowest BCUT2D eigenvalue weighted by Crippen LogP contribution is -2.49. The third kappa shape index (κ3) is 7.12. The van der Waals surface area contributed by atoms with Crippen LogP contribution in [0.1, 0.15) is 33.6 Å². The summed E-state index contributed by atoms with van der Waals surface area (Å²) < 4.78 is 5.00. The highest BCUT2D eigenvalue weighted by atomic mass is 16.6. The number of nitrogens with one attached hydrogen (secondary N) is 1. The zero-order chi connectivity index (χ0) is 19.0. The number of likely N-dealkylation sites (tertiary alicyclic amines) is 1. The van der Waals surface area contributed by atoms with E-state index in [0.29, 0.717) is 18.6 Å². The molecular weight excluding hydrogens is 316 g/mol. The Labute approximate surface area is 154 Å². The summed E-state index contributed by atoms with van der Waals surface area (Å²) in [6.07, 6.45) is 2.17. The zero-order valence-electron chi connectivity index (χ0n) is 17.4. The molecule has 0 aromatic rings. The van der Waals surface area contributed by atoms with Crippen LogP contribution >= 0.6 is 0 Å². The second kappa shape index (κ2) is 11.0. The summed E-state index contributed by atoms with van der Waals surface area (Å²) in [6.45, 7) is 10.8. The Morgan fingerprint density at radius 1 is 1.08 bits per heavy atom. The van der Waals surface area contributed by atoms with Gasteiger partial charge in [0.2, 0.25) is 0 Å². The number of amides is 1. The van der Waals surface area contributed by atoms with Crippen LogP contribution in [0.3, 0.4) is 0 Å². The van der Waals surface area contributed by atoms with Gasteiger partial charge in [-0.05, 0) is 72.9 Å². The molecule has 148 valence electrons. The summed E-state index contributed by atoms with van der Waals surface area (Å²) in [6, 6.07) is 1.37. The van der Waals surface area contributed by atoms with Crippen LogP contribution in [0.2, 0.25) is 0 Å².